The highest BCUT2D eigenvalue weighted by molar-refractivity contribution is 9.10. The van der Waals surface area contributed by atoms with Gasteiger partial charge < -0.3 is 9.52 Å². The SMILES string of the molecule is CCCC(NS(=O)(=O)c1cc(CO)oc1Br)c1cccs1. The number of halogens is 1. The molecule has 0 saturated carbocycles. The molecule has 0 aliphatic heterocycles. The molecular weight excluding hydrogens is 378 g/mol. The average Bonchev–Trinajstić information content (AvgIpc) is 3.07. The second-order valence-corrected chi connectivity index (χ2v) is 7.87. The van der Waals surface area contributed by atoms with E-state index >= 15 is 0 Å². The van der Waals surface area contributed by atoms with Crippen LogP contribution in [0.3, 0.4) is 0 Å². The zero-order valence-electron chi connectivity index (χ0n) is 11.4. The fourth-order valence-electron chi connectivity index (χ4n) is 1.95. The van der Waals surface area contributed by atoms with Gasteiger partial charge in [-0.1, -0.05) is 19.4 Å². The van der Waals surface area contributed by atoms with Crippen LogP contribution in [0.4, 0.5) is 0 Å². The van der Waals surface area contributed by atoms with Crippen LogP contribution in [-0.2, 0) is 16.6 Å². The highest BCUT2D eigenvalue weighted by Crippen LogP contribution is 2.30. The molecule has 2 aromatic rings. The fraction of sp³-hybridized carbons (Fsp3) is 0.385. The number of aliphatic hydroxyl groups is 1. The van der Waals surface area contributed by atoms with Gasteiger partial charge in [0.05, 0.1) is 6.04 Å². The first kappa shape index (κ1) is 16.7. The quantitative estimate of drug-likeness (QED) is 0.754. The van der Waals surface area contributed by atoms with Crippen LogP contribution in [0.5, 0.6) is 0 Å². The molecule has 0 amide bonds. The van der Waals surface area contributed by atoms with Crippen LogP contribution in [0.1, 0.15) is 36.4 Å². The molecule has 0 spiro atoms. The topological polar surface area (TPSA) is 79.5 Å². The molecule has 0 aliphatic rings. The molecule has 2 heterocycles. The molecule has 2 rings (SSSR count). The lowest BCUT2D eigenvalue weighted by Gasteiger charge is -2.16. The van der Waals surface area contributed by atoms with E-state index in [9.17, 15) is 8.42 Å². The van der Waals surface area contributed by atoms with Crippen LogP contribution < -0.4 is 4.72 Å². The molecule has 0 aromatic carbocycles. The number of aliphatic hydroxyl groups excluding tert-OH is 1. The predicted molar refractivity (Wildman–Crippen MR) is 84.6 cm³/mol. The smallest absolute Gasteiger partial charge is 0.245 e. The van der Waals surface area contributed by atoms with E-state index in [2.05, 4.69) is 20.7 Å². The van der Waals surface area contributed by atoms with Crippen molar-refractivity contribution in [1.82, 2.24) is 4.72 Å². The molecule has 0 fully saturated rings. The molecule has 116 valence electrons. The second-order valence-electron chi connectivity index (χ2n) is 4.49. The highest BCUT2D eigenvalue weighted by atomic mass is 79.9. The van der Waals surface area contributed by atoms with Gasteiger partial charge in [0.15, 0.2) is 4.67 Å². The second kappa shape index (κ2) is 7.06. The first-order chi connectivity index (χ1) is 9.97. The van der Waals surface area contributed by atoms with E-state index in [4.69, 9.17) is 9.52 Å². The van der Waals surface area contributed by atoms with Gasteiger partial charge in [-0.2, -0.15) is 0 Å². The van der Waals surface area contributed by atoms with E-state index in [1.807, 2.05) is 24.4 Å². The van der Waals surface area contributed by atoms with E-state index in [1.54, 1.807) is 0 Å². The predicted octanol–water partition coefficient (Wildman–Crippen LogP) is 3.42. The Balaban J connectivity index is 2.28. The van der Waals surface area contributed by atoms with Crippen molar-refractivity contribution in [3.05, 3.63) is 38.9 Å². The molecule has 0 bridgehead atoms. The summed E-state index contributed by atoms with van der Waals surface area (Å²) in [6, 6.07) is 4.87. The standard InChI is InChI=1S/C13H16BrNO4S2/c1-2-4-10(11-5-3-6-20-11)15-21(17,18)12-7-9(8-16)19-13(12)14/h3,5-7,10,15-16H,2,4,8H2,1H3. The van der Waals surface area contributed by atoms with Crippen molar-refractivity contribution in [2.24, 2.45) is 0 Å². The maximum atomic E-state index is 12.5. The fourth-order valence-corrected chi connectivity index (χ4v) is 5.08. The summed E-state index contributed by atoms with van der Waals surface area (Å²) in [5.74, 6) is 0.199. The third-order valence-electron chi connectivity index (χ3n) is 2.91. The molecule has 1 unspecified atom stereocenters. The summed E-state index contributed by atoms with van der Waals surface area (Å²) in [5, 5.41) is 10.9. The number of rotatable bonds is 7. The monoisotopic (exact) mass is 393 g/mol. The Morgan fingerprint density at radius 2 is 2.29 bits per heavy atom. The Morgan fingerprint density at radius 1 is 1.52 bits per heavy atom. The summed E-state index contributed by atoms with van der Waals surface area (Å²) in [7, 11) is -3.72. The third-order valence-corrected chi connectivity index (χ3v) is 6.23. The van der Waals surface area contributed by atoms with Gasteiger partial charge in [-0.05, 0) is 33.8 Å². The Bertz CT molecular complexity index is 679. The number of hydrogen-bond acceptors (Lipinski definition) is 5. The zero-order chi connectivity index (χ0) is 15.5. The summed E-state index contributed by atoms with van der Waals surface area (Å²) in [6.45, 7) is 1.66. The van der Waals surface area contributed by atoms with Crippen LogP contribution in [0, 0.1) is 0 Å². The van der Waals surface area contributed by atoms with Crippen molar-refractivity contribution in [2.45, 2.75) is 37.3 Å². The molecule has 0 radical (unpaired) electrons. The third kappa shape index (κ3) is 3.95. The zero-order valence-corrected chi connectivity index (χ0v) is 14.6. The molecule has 0 saturated heterocycles. The Hall–Kier alpha value is -0.670. The number of sulfonamides is 1. The largest absolute Gasteiger partial charge is 0.450 e. The van der Waals surface area contributed by atoms with E-state index in [0.29, 0.717) is 6.42 Å². The van der Waals surface area contributed by atoms with E-state index < -0.39 is 10.0 Å². The first-order valence-electron chi connectivity index (χ1n) is 6.42. The molecule has 2 N–H and O–H groups in total. The molecule has 2 aromatic heterocycles. The molecule has 8 heteroatoms. The van der Waals surface area contributed by atoms with Gasteiger partial charge in [-0.3, -0.25) is 0 Å². The number of thiophene rings is 1. The average molecular weight is 394 g/mol. The minimum atomic E-state index is -3.72. The van der Waals surface area contributed by atoms with Gasteiger partial charge >= 0.3 is 0 Å². The van der Waals surface area contributed by atoms with Gasteiger partial charge in [0.25, 0.3) is 0 Å². The highest BCUT2D eigenvalue weighted by Gasteiger charge is 2.26. The number of hydrogen-bond donors (Lipinski definition) is 2. The van der Waals surface area contributed by atoms with Crippen molar-refractivity contribution in [2.75, 3.05) is 0 Å². The maximum absolute atomic E-state index is 12.5. The van der Waals surface area contributed by atoms with Crippen molar-refractivity contribution in [1.29, 1.82) is 0 Å². The molecule has 0 aliphatic carbocycles. The Labute approximate surface area is 136 Å². The lowest BCUT2D eigenvalue weighted by Crippen LogP contribution is -2.28. The minimum absolute atomic E-state index is 0.00390. The summed E-state index contributed by atoms with van der Waals surface area (Å²) in [4.78, 5) is 0.978. The molecule has 1 atom stereocenters. The van der Waals surface area contributed by atoms with Gasteiger partial charge in [0.1, 0.15) is 17.3 Å². The minimum Gasteiger partial charge on any atom is -0.450 e. The normalized spacial score (nSPS) is 13.5. The van der Waals surface area contributed by atoms with Crippen molar-refractivity contribution < 1.29 is 17.9 Å². The van der Waals surface area contributed by atoms with Crippen LogP contribution in [-0.4, -0.2) is 13.5 Å². The molecule has 21 heavy (non-hydrogen) atoms. The van der Waals surface area contributed by atoms with Crippen molar-refractivity contribution >= 4 is 37.3 Å². The van der Waals surface area contributed by atoms with Crippen LogP contribution in [0.15, 0.2) is 37.6 Å². The number of nitrogens with one attached hydrogen (secondary N) is 1. The van der Waals surface area contributed by atoms with E-state index in [0.717, 1.165) is 11.3 Å². The first-order valence-corrected chi connectivity index (χ1v) is 9.58. The summed E-state index contributed by atoms with van der Waals surface area (Å²) in [6.07, 6.45) is 1.57. The lowest BCUT2D eigenvalue weighted by atomic mass is 10.1. The summed E-state index contributed by atoms with van der Waals surface area (Å²) in [5.41, 5.74) is 0. The van der Waals surface area contributed by atoms with Crippen LogP contribution in [0.25, 0.3) is 0 Å². The van der Waals surface area contributed by atoms with E-state index in [1.165, 1.54) is 17.4 Å². The van der Waals surface area contributed by atoms with Crippen LogP contribution in [0.2, 0.25) is 0 Å². The number of furan rings is 1. The Kier molecular flexibility index (Phi) is 5.61. The van der Waals surface area contributed by atoms with Crippen LogP contribution >= 0.6 is 27.3 Å². The van der Waals surface area contributed by atoms with Crippen molar-refractivity contribution in [3.8, 4) is 0 Å². The van der Waals surface area contributed by atoms with Gasteiger partial charge in [-0.15, -0.1) is 11.3 Å². The Morgan fingerprint density at radius 3 is 2.81 bits per heavy atom. The van der Waals surface area contributed by atoms with Gasteiger partial charge in [-0.25, -0.2) is 13.1 Å². The lowest BCUT2D eigenvalue weighted by molar-refractivity contribution is 0.245. The van der Waals surface area contributed by atoms with Gasteiger partial charge in [0, 0.05) is 10.9 Å². The maximum Gasteiger partial charge on any atom is 0.245 e. The molecule has 5 nitrogen and oxygen atoms in total. The summed E-state index contributed by atoms with van der Waals surface area (Å²) >= 11 is 4.60. The summed E-state index contributed by atoms with van der Waals surface area (Å²) < 4.78 is 32.9. The van der Waals surface area contributed by atoms with Gasteiger partial charge in [0.2, 0.25) is 10.0 Å². The molecular formula is C13H16BrNO4S2. The van der Waals surface area contributed by atoms with E-state index in [-0.39, 0.29) is 28.0 Å². The van der Waals surface area contributed by atoms with Crippen molar-refractivity contribution in [3.63, 3.8) is 0 Å².